The van der Waals surface area contributed by atoms with Crippen LogP contribution in [0.15, 0.2) is 30.5 Å². The van der Waals surface area contributed by atoms with Crippen LogP contribution in [0, 0.1) is 0 Å². The lowest BCUT2D eigenvalue weighted by Gasteiger charge is -2.41. The fourth-order valence-corrected chi connectivity index (χ4v) is 4.24. The van der Waals surface area contributed by atoms with E-state index in [1.54, 1.807) is 7.11 Å². The van der Waals surface area contributed by atoms with Crippen LogP contribution in [0.5, 0.6) is 11.5 Å². The Balaban J connectivity index is 1.65. The fourth-order valence-electron chi connectivity index (χ4n) is 4.24. The maximum Gasteiger partial charge on any atom is 0.321 e. The minimum atomic E-state index is 0.0634. The standard InChI is InChI=1S/C20H27N3O3/c1-14-12-22(10-9-21-14)20(24)23-13-15-11-16(25-2)7-8-18(15)26-19-6-4-3-5-17(19)23/h7-8,11,17,19,21H,1,3-6,9-10,12-13H2,2H3/t17-,19+/m1/s1. The van der Waals surface area contributed by atoms with Crippen molar-refractivity contribution in [3.63, 3.8) is 0 Å². The van der Waals surface area contributed by atoms with Crippen molar-refractivity contribution in [3.8, 4) is 11.5 Å². The number of piperazine rings is 1. The molecule has 0 unspecified atom stereocenters. The second-order valence-electron chi connectivity index (χ2n) is 7.34. The summed E-state index contributed by atoms with van der Waals surface area (Å²) in [5, 5.41) is 3.22. The van der Waals surface area contributed by atoms with Crippen molar-refractivity contribution < 1.29 is 14.3 Å². The normalized spacial score (nSPS) is 25.3. The number of hydrogen-bond acceptors (Lipinski definition) is 4. The summed E-state index contributed by atoms with van der Waals surface area (Å²) in [5.41, 5.74) is 1.92. The minimum absolute atomic E-state index is 0.0634. The highest BCUT2D eigenvalue weighted by Gasteiger charge is 2.39. The Morgan fingerprint density at radius 1 is 1.31 bits per heavy atom. The molecule has 26 heavy (non-hydrogen) atoms. The van der Waals surface area contributed by atoms with Crippen molar-refractivity contribution in [2.75, 3.05) is 26.7 Å². The van der Waals surface area contributed by atoms with E-state index in [2.05, 4.69) is 11.9 Å². The average molecular weight is 357 g/mol. The average Bonchev–Trinajstić information content (AvgIpc) is 2.83. The third kappa shape index (κ3) is 3.20. The van der Waals surface area contributed by atoms with E-state index in [0.717, 1.165) is 55.0 Å². The van der Waals surface area contributed by atoms with Gasteiger partial charge in [-0.2, -0.15) is 0 Å². The maximum absolute atomic E-state index is 13.4. The second kappa shape index (κ2) is 7.09. The van der Waals surface area contributed by atoms with E-state index in [9.17, 15) is 4.79 Å². The van der Waals surface area contributed by atoms with Gasteiger partial charge in [0.25, 0.3) is 0 Å². The van der Waals surface area contributed by atoms with E-state index in [0.29, 0.717) is 19.6 Å². The van der Waals surface area contributed by atoms with Gasteiger partial charge in [-0.1, -0.05) is 13.0 Å². The first-order valence-corrected chi connectivity index (χ1v) is 9.46. The first kappa shape index (κ1) is 17.1. The first-order valence-electron chi connectivity index (χ1n) is 9.46. The lowest BCUT2D eigenvalue weighted by molar-refractivity contribution is 0.0504. The number of urea groups is 1. The van der Waals surface area contributed by atoms with Gasteiger partial charge in [0, 0.05) is 24.4 Å². The molecule has 1 saturated carbocycles. The highest BCUT2D eigenvalue weighted by Crippen LogP contribution is 2.36. The molecule has 2 heterocycles. The van der Waals surface area contributed by atoms with Crippen LogP contribution in [0.4, 0.5) is 4.79 Å². The van der Waals surface area contributed by atoms with E-state index in [1.165, 1.54) is 0 Å². The molecule has 1 N–H and O–H groups in total. The first-order chi connectivity index (χ1) is 12.7. The van der Waals surface area contributed by atoms with Crippen LogP contribution in [0.25, 0.3) is 0 Å². The maximum atomic E-state index is 13.4. The van der Waals surface area contributed by atoms with Gasteiger partial charge >= 0.3 is 6.03 Å². The van der Waals surface area contributed by atoms with Crippen LogP contribution in [0.1, 0.15) is 31.2 Å². The molecule has 2 atom stereocenters. The van der Waals surface area contributed by atoms with Crippen LogP contribution < -0.4 is 14.8 Å². The number of fused-ring (bicyclic) bond motifs is 2. The quantitative estimate of drug-likeness (QED) is 0.840. The summed E-state index contributed by atoms with van der Waals surface area (Å²) >= 11 is 0. The SMILES string of the molecule is C=C1CN(C(=O)N2Cc3cc(OC)ccc3O[C@H]3CCCC[C@H]32)CCN1. The largest absolute Gasteiger partial charge is 0.497 e. The summed E-state index contributed by atoms with van der Waals surface area (Å²) in [4.78, 5) is 17.3. The molecule has 0 spiro atoms. The molecule has 0 bridgehead atoms. The number of amides is 2. The molecule has 2 aliphatic heterocycles. The molecule has 2 fully saturated rings. The Hall–Kier alpha value is -2.37. The van der Waals surface area contributed by atoms with Crippen molar-refractivity contribution in [2.45, 2.75) is 44.4 Å². The molecular formula is C20H27N3O3. The highest BCUT2D eigenvalue weighted by atomic mass is 16.5. The molecular weight excluding hydrogens is 330 g/mol. The van der Waals surface area contributed by atoms with Gasteiger partial charge in [0.05, 0.1) is 26.2 Å². The predicted molar refractivity (Wildman–Crippen MR) is 99.3 cm³/mol. The highest BCUT2D eigenvalue weighted by molar-refractivity contribution is 5.76. The number of benzene rings is 1. The van der Waals surface area contributed by atoms with E-state index in [-0.39, 0.29) is 18.2 Å². The van der Waals surface area contributed by atoms with Crippen molar-refractivity contribution in [1.82, 2.24) is 15.1 Å². The molecule has 2 amide bonds. The number of ether oxygens (including phenoxy) is 2. The Morgan fingerprint density at radius 2 is 2.15 bits per heavy atom. The Morgan fingerprint density at radius 3 is 2.96 bits per heavy atom. The molecule has 6 heteroatoms. The lowest BCUT2D eigenvalue weighted by atomic mass is 9.91. The van der Waals surface area contributed by atoms with Crippen molar-refractivity contribution in [3.05, 3.63) is 36.0 Å². The molecule has 4 rings (SSSR count). The molecule has 3 aliphatic rings. The van der Waals surface area contributed by atoms with Crippen LogP contribution in [-0.2, 0) is 6.54 Å². The fraction of sp³-hybridized carbons (Fsp3) is 0.550. The minimum Gasteiger partial charge on any atom is -0.497 e. The number of methoxy groups -OCH3 is 1. The number of nitrogens with one attached hydrogen (secondary N) is 1. The number of carbonyl (C=O) groups is 1. The third-order valence-electron chi connectivity index (χ3n) is 5.61. The van der Waals surface area contributed by atoms with Gasteiger partial charge in [0.1, 0.15) is 17.6 Å². The van der Waals surface area contributed by atoms with Gasteiger partial charge in [0.2, 0.25) is 0 Å². The molecule has 1 aromatic carbocycles. The van der Waals surface area contributed by atoms with Crippen molar-refractivity contribution in [2.24, 2.45) is 0 Å². The Bertz CT molecular complexity index is 706. The Labute approximate surface area is 154 Å². The van der Waals surface area contributed by atoms with Gasteiger partial charge in [0.15, 0.2) is 0 Å². The third-order valence-corrected chi connectivity index (χ3v) is 5.61. The molecule has 0 radical (unpaired) electrons. The van der Waals surface area contributed by atoms with Crippen molar-refractivity contribution in [1.29, 1.82) is 0 Å². The van der Waals surface area contributed by atoms with E-state index in [1.807, 2.05) is 28.0 Å². The zero-order valence-corrected chi connectivity index (χ0v) is 15.4. The van der Waals surface area contributed by atoms with Gasteiger partial charge in [-0.3, -0.25) is 0 Å². The van der Waals surface area contributed by atoms with Gasteiger partial charge in [-0.05, 0) is 37.5 Å². The number of rotatable bonds is 1. The van der Waals surface area contributed by atoms with Gasteiger partial charge in [-0.15, -0.1) is 0 Å². The van der Waals surface area contributed by atoms with E-state index < -0.39 is 0 Å². The van der Waals surface area contributed by atoms with E-state index >= 15 is 0 Å². The van der Waals surface area contributed by atoms with Crippen LogP contribution in [0.3, 0.4) is 0 Å². The van der Waals surface area contributed by atoms with E-state index in [4.69, 9.17) is 9.47 Å². The molecule has 6 nitrogen and oxygen atoms in total. The summed E-state index contributed by atoms with van der Waals surface area (Å²) in [7, 11) is 1.66. The van der Waals surface area contributed by atoms with Crippen LogP contribution >= 0.6 is 0 Å². The molecule has 140 valence electrons. The number of nitrogens with zero attached hydrogens (tertiary/aromatic N) is 2. The van der Waals surface area contributed by atoms with Crippen molar-refractivity contribution >= 4 is 6.03 Å². The smallest absolute Gasteiger partial charge is 0.321 e. The summed E-state index contributed by atoms with van der Waals surface area (Å²) in [6.45, 7) is 6.58. The number of carbonyl (C=O) groups excluding carboxylic acids is 1. The second-order valence-corrected chi connectivity index (χ2v) is 7.34. The summed E-state index contributed by atoms with van der Waals surface area (Å²) < 4.78 is 11.7. The lowest BCUT2D eigenvalue weighted by Crippen LogP contribution is -2.56. The van der Waals surface area contributed by atoms with Crippen LogP contribution in [0.2, 0.25) is 0 Å². The topological polar surface area (TPSA) is 54.0 Å². The zero-order chi connectivity index (χ0) is 18.1. The molecule has 1 saturated heterocycles. The summed E-state index contributed by atoms with van der Waals surface area (Å²) in [6, 6.07) is 6.10. The number of hydrogen-bond donors (Lipinski definition) is 1. The molecule has 1 aromatic rings. The predicted octanol–water partition coefficient (Wildman–Crippen LogP) is 2.74. The van der Waals surface area contributed by atoms with Gasteiger partial charge < -0.3 is 24.6 Å². The summed E-state index contributed by atoms with van der Waals surface area (Å²) in [6.07, 6.45) is 4.35. The zero-order valence-electron chi connectivity index (χ0n) is 15.4. The Kier molecular flexibility index (Phi) is 4.66. The van der Waals surface area contributed by atoms with Crippen LogP contribution in [-0.4, -0.2) is 54.7 Å². The summed E-state index contributed by atoms with van der Waals surface area (Å²) in [5.74, 6) is 1.67. The van der Waals surface area contributed by atoms with Gasteiger partial charge in [-0.25, -0.2) is 4.79 Å². The molecule has 1 aliphatic carbocycles. The monoisotopic (exact) mass is 357 g/mol. The molecule has 0 aromatic heterocycles.